The van der Waals surface area contributed by atoms with Crippen LogP contribution in [0.1, 0.15) is 0 Å². The van der Waals surface area contributed by atoms with E-state index in [2.05, 4.69) is 41.8 Å². The molecule has 4 rings (SSSR count). The Bertz CT molecular complexity index is 1040. The van der Waals surface area contributed by atoms with Crippen LogP contribution in [0.2, 0.25) is 0 Å². The number of imidazole rings is 1. The van der Waals surface area contributed by atoms with Crippen molar-refractivity contribution in [2.24, 2.45) is 0 Å². The van der Waals surface area contributed by atoms with E-state index in [-0.39, 0.29) is 0 Å². The number of hydrogen-bond donors (Lipinski definition) is 1. The van der Waals surface area contributed by atoms with Gasteiger partial charge in [-0.2, -0.15) is 0 Å². The number of hydrogen-bond acceptors (Lipinski definition) is 3. The summed E-state index contributed by atoms with van der Waals surface area (Å²) in [5.41, 5.74) is 2.77. The molecule has 0 atom stereocenters. The zero-order chi connectivity index (χ0) is 16.7. The molecule has 0 aliphatic heterocycles. The molecule has 0 saturated heterocycles. The molecule has 4 nitrogen and oxygen atoms in total. The molecule has 0 amide bonds. The summed E-state index contributed by atoms with van der Waals surface area (Å²) in [5.74, 6) is 2.95. The second-order valence-electron chi connectivity index (χ2n) is 5.26. The zero-order valence-corrected chi connectivity index (χ0v) is 15.8. The highest BCUT2D eigenvalue weighted by molar-refractivity contribution is 9.11. The van der Waals surface area contributed by atoms with E-state index < -0.39 is 0 Å². The molecule has 0 fully saturated rings. The van der Waals surface area contributed by atoms with Gasteiger partial charge in [0.15, 0.2) is 11.6 Å². The van der Waals surface area contributed by atoms with Crippen molar-refractivity contribution >= 4 is 42.9 Å². The van der Waals surface area contributed by atoms with Gasteiger partial charge in [0.25, 0.3) is 0 Å². The van der Waals surface area contributed by atoms with Crippen LogP contribution in [0.15, 0.2) is 61.9 Å². The van der Waals surface area contributed by atoms with E-state index in [4.69, 9.17) is 9.15 Å². The van der Waals surface area contributed by atoms with E-state index >= 15 is 0 Å². The Morgan fingerprint density at radius 2 is 1.83 bits per heavy atom. The van der Waals surface area contributed by atoms with Crippen LogP contribution >= 0.6 is 31.9 Å². The van der Waals surface area contributed by atoms with Gasteiger partial charge in [-0.15, -0.1) is 0 Å². The maximum Gasteiger partial charge on any atom is 0.174 e. The third kappa shape index (κ3) is 2.76. The number of furan rings is 1. The molecule has 0 spiro atoms. The fourth-order valence-electron chi connectivity index (χ4n) is 2.53. The summed E-state index contributed by atoms with van der Waals surface area (Å²) in [7, 11) is 1.65. The predicted molar refractivity (Wildman–Crippen MR) is 101 cm³/mol. The second-order valence-corrected chi connectivity index (χ2v) is 7.03. The molecule has 0 unspecified atom stereocenters. The van der Waals surface area contributed by atoms with Crippen LogP contribution in [0, 0.1) is 0 Å². The summed E-state index contributed by atoms with van der Waals surface area (Å²) in [5, 5.41) is 0. The number of ether oxygens (including phenoxy) is 1. The average Bonchev–Trinajstić information content (AvgIpc) is 3.20. The summed E-state index contributed by atoms with van der Waals surface area (Å²) in [6, 6.07) is 15.6. The topological polar surface area (TPSA) is 51.1 Å². The first-order valence-corrected chi connectivity index (χ1v) is 8.82. The molecule has 0 bridgehead atoms. The number of fused-ring (bicyclic) bond motifs is 1. The van der Waals surface area contributed by atoms with Gasteiger partial charge in [0.05, 0.1) is 18.1 Å². The molecule has 6 heteroatoms. The minimum absolute atomic E-state index is 0.690. The van der Waals surface area contributed by atoms with Gasteiger partial charge in [-0.1, -0.05) is 15.9 Å². The number of methoxy groups -OCH3 is 1. The van der Waals surface area contributed by atoms with Crippen molar-refractivity contribution in [3.63, 3.8) is 0 Å². The van der Waals surface area contributed by atoms with E-state index in [9.17, 15) is 0 Å². The van der Waals surface area contributed by atoms with Crippen LogP contribution in [-0.2, 0) is 0 Å². The van der Waals surface area contributed by atoms with E-state index in [0.717, 1.165) is 37.1 Å². The lowest BCUT2D eigenvalue weighted by atomic mass is 10.2. The summed E-state index contributed by atoms with van der Waals surface area (Å²) in [6.07, 6.45) is 0. The van der Waals surface area contributed by atoms with Crippen molar-refractivity contribution in [3.8, 4) is 28.7 Å². The lowest BCUT2D eigenvalue weighted by Crippen LogP contribution is -1.81. The quantitative estimate of drug-likeness (QED) is 0.417. The molecule has 4 aromatic rings. The van der Waals surface area contributed by atoms with Crippen molar-refractivity contribution in [3.05, 3.63) is 57.5 Å². The normalized spacial score (nSPS) is 11.1. The van der Waals surface area contributed by atoms with Crippen molar-refractivity contribution in [2.75, 3.05) is 7.11 Å². The lowest BCUT2D eigenvalue weighted by Gasteiger charge is -2.01. The SMILES string of the molecule is COc1ccc2nc(-c3ccc(-c4ccc(Br)cc4Br)o3)[nH]c2c1. The molecular weight excluding hydrogens is 436 g/mol. The van der Waals surface area contributed by atoms with Crippen LogP contribution in [0.25, 0.3) is 33.9 Å². The molecule has 0 aliphatic rings. The number of benzene rings is 2. The number of halogens is 2. The molecule has 24 heavy (non-hydrogen) atoms. The molecular formula is C18H12Br2N2O2. The Kier molecular flexibility index (Phi) is 3.94. The smallest absolute Gasteiger partial charge is 0.174 e. The molecule has 1 N–H and O–H groups in total. The molecule has 2 heterocycles. The van der Waals surface area contributed by atoms with Gasteiger partial charge in [0.2, 0.25) is 0 Å². The Morgan fingerprint density at radius 1 is 1.00 bits per heavy atom. The van der Waals surface area contributed by atoms with Crippen LogP contribution in [0.5, 0.6) is 5.75 Å². The van der Waals surface area contributed by atoms with Crippen LogP contribution in [0.4, 0.5) is 0 Å². The molecule has 120 valence electrons. The molecule has 0 aliphatic carbocycles. The summed E-state index contributed by atoms with van der Waals surface area (Å²) in [4.78, 5) is 7.85. The monoisotopic (exact) mass is 446 g/mol. The Morgan fingerprint density at radius 3 is 2.62 bits per heavy atom. The van der Waals surface area contributed by atoms with Gasteiger partial charge in [0, 0.05) is 20.6 Å². The fourth-order valence-corrected chi connectivity index (χ4v) is 3.77. The lowest BCUT2D eigenvalue weighted by molar-refractivity contribution is 0.415. The van der Waals surface area contributed by atoms with Gasteiger partial charge >= 0.3 is 0 Å². The highest BCUT2D eigenvalue weighted by Gasteiger charge is 2.13. The van der Waals surface area contributed by atoms with E-state index in [1.807, 2.05) is 48.5 Å². The van der Waals surface area contributed by atoms with Gasteiger partial charge in [-0.25, -0.2) is 4.98 Å². The third-order valence-corrected chi connectivity index (χ3v) is 4.87. The highest BCUT2D eigenvalue weighted by atomic mass is 79.9. The number of aromatic nitrogens is 2. The molecule has 0 saturated carbocycles. The zero-order valence-electron chi connectivity index (χ0n) is 12.6. The molecule has 2 aromatic heterocycles. The fraction of sp³-hybridized carbons (Fsp3) is 0.0556. The Balaban J connectivity index is 1.74. The number of aromatic amines is 1. The third-order valence-electron chi connectivity index (χ3n) is 3.73. The summed E-state index contributed by atoms with van der Waals surface area (Å²) >= 11 is 7.02. The summed E-state index contributed by atoms with van der Waals surface area (Å²) in [6.45, 7) is 0. The van der Waals surface area contributed by atoms with Crippen molar-refractivity contribution in [2.45, 2.75) is 0 Å². The van der Waals surface area contributed by atoms with E-state index in [1.54, 1.807) is 7.11 Å². The minimum Gasteiger partial charge on any atom is -0.497 e. The molecule has 2 aromatic carbocycles. The van der Waals surface area contributed by atoms with Crippen molar-refractivity contribution < 1.29 is 9.15 Å². The summed E-state index contributed by atoms with van der Waals surface area (Å²) < 4.78 is 13.2. The van der Waals surface area contributed by atoms with Gasteiger partial charge in [-0.05, 0) is 58.4 Å². The average molecular weight is 448 g/mol. The minimum atomic E-state index is 0.690. The standard InChI is InChI=1S/C18H12Br2N2O2/c1-23-11-3-5-14-15(9-11)22-18(21-14)17-7-6-16(24-17)12-4-2-10(19)8-13(12)20/h2-9H,1H3,(H,21,22). The Hall–Kier alpha value is -2.05. The van der Waals surface area contributed by atoms with Crippen molar-refractivity contribution in [1.82, 2.24) is 9.97 Å². The second kappa shape index (κ2) is 6.11. The van der Waals surface area contributed by atoms with Crippen LogP contribution < -0.4 is 4.74 Å². The number of nitrogens with one attached hydrogen (secondary N) is 1. The number of rotatable bonds is 3. The maximum absolute atomic E-state index is 5.99. The number of H-pyrrole nitrogens is 1. The first-order chi connectivity index (χ1) is 11.6. The van der Waals surface area contributed by atoms with Gasteiger partial charge in [0.1, 0.15) is 11.5 Å². The number of nitrogens with zero attached hydrogens (tertiary/aromatic N) is 1. The first-order valence-electron chi connectivity index (χ1n) is 7.23. The van der Waals surface area contributed by atoms with Crippen LogP contribution in [0.3, 0.4) is 0 Å². The first kappa shape index (κ1) is 15.5. The van der Waals surface area contributed by atoms with Crippen LogP contribution in [-0.4, -0.2) is 17.1 Å². The Labute approximate surface area is 155 Å². The predicted octanol–water partition coefficient (Wildman–Crippen LogP) is 6.02. The molecule has 0 radical (unpaired) electrons. The van der Waals surface area contributed by atoms with E-state index in [1.165, 1.54) is 0 Å². The maximum atomic E-state index is 5.99. The highest BCUT2D eigenvalue weighted by Crippen LogP contribution is 2.34. The van der Waals surface area contributed by atoms with Gasteiger partial charge < -0.3 is 14.1 Å². The van der Waals surface area contributed by atoms with Gasteiger partial charge in [-0.3, -0.25) is 0 Å². The largest absolute Gasteiger partial charge is 0.497 e. The van der Waals surface area contributed by atoms with E-state index in [0.29, 0.717) is 11.6 Å². The van der Waals surface area contributed by atoms with Crippen molar-refractivity contribution in [1.29, 1.82) is 0 Å².